The summed E-state index contributed by atoms with van der Waals surface area (Å²) in [7, 11) is 0. The second-order valence-electron chi connectivity index (χ2n) is 6.14. The molecular weight excluding hydrogens is 328 g/mol. The normalized spacial score (nSPS) is 13.1. The maximum Gasteiger partial charge on any atom is 0.335 e. The summed E-state index contributed by atoms with van der Waals surface area (Å²) in [5, 5.41) is 9.00. The first-order valence-electron chi connectivity index (χ1n) is 8.55. The van der Waals surface area contributed by atoms with Crippen LogP contribution in [0, 0.1) is 0 Å². The van der Waals surface area contributed by atoms with Gasteiger partial charge in [-0.15, -0.1) is 0 Å². The van der Waals surface area contributed by atoms with Gasteiger partial charge < -0.3 is 14.6 Å². The Morgan fingerprint density at radius 2 is 1.38 bits per heavy atom. The van der Waals surface area contributed by atoms with Gasteiger partial charge in [-0.05, 0) is 34.9 Å². The van der Waals surface area contributed by atoms with Crippen LogP contribution >= 0.6 is 0 Å². The minimum absolute atomic E-state index is 0.287. The molecule has 4 heteroatoms. The second kappa shape index (κ2) is 6.92. The van der Waals surface area contributed by atoms with Crippen molar-refractivity contribution < 1.29 is 19.4 Å². The van der Waals surface area contributed by atoms with E-state index >= 15 is 0 Å². The molecule has 3 aromatic carbocycles. The van der Waals surface area contributed by atoms with E-state index in [1.807, 2.05) is 54.6 Å². The summed E-state index contributed by atoms with van der Waals surface area (Å²) in [5.74, 6) is 0.663. The Morgan fingerprint density at radius 3 is 2.08 bits per heavy atom. The Morgan fingerprint density at radius 1 is 0.769 bits per heavy atom. The van der Waals surface area contributed by atoms with Crippen molar-refractivity contribution in [2.45, 2.75) is 6.42 Å². The fraction of sp³-hybridized carbons (Fsp3) is 0.136. The average molecular weight is 346 g/mol. The highest BCUT2D eigenvalue weighted by Crippen LogP contribution is 2.39. The van der Waals surface area contributed by atoms with Crippen LogP contribution in [0.2, 0.25) is 0 Å². The molecule has 0 atom stereocenters. The summed E-state index contributed by atoms with van der Waals surface area (Å²) in [6, 6.07) is 21.0. The molecule has 0 saturated carbocycles. The van der Waals surface area contributed by atoms with Crippen LogP contribution in [0.25, 0.3) is 22.3 Å². The van der Waals surface area contributed by atoms with Gasteiger partial charge in [-0.2, -0.15) is 0 Å². The number of carboxylic acid groups (broad SMARTS) is 1. The molecule has 1 N–H and O–H groups in total. The number of rotatable bonds is 3. The van der Waals surface area contributed by atoms with Crippen molar-refractivity contribution in [3.8, 4) is 33.8 Å². The predicted molar refractivity (Wildman–Crippen MR) is 99.9 cm³/mol. The average Bonchev–Trinajstić information content (AvgIpc) is 2.94. The lowest BCUT2D eigenvalue weighted by molar-refractivity contribution is 0.0697. The number of carboxylic acids is 1. The monoisotopic (exact) mass is 346 g/mol. The van der Waals surface area contributed by atoms with E-state index in [1.165, 1.54) is 0 Å². The third-order valence-corrected chi connectivity index (χ3v) is 4.43. The van der Waals surface area contributed by atoms with E-state index < -0.39 is 5.97 Å². The summed E-state index contributed by atoms with van der Waals surface area (Å²) in [4.78, 5) is 11.0. The molecule has 0 amide bonds. The molecule has 0 spiro atoms. The molecule has 0 radical (unpaired) electrons. The lowest BCUT2D eigenvalue weighted by Crippen LogP contribution is -1.98. The van der Waals surface area contributed by atoms with Crippen molar-refractivity contribution in [1.82, 2.24) is 0 Å². The van der Waals surface area contributed by atoms with E-state index in [1.54, 1.807) is 12.1 Å². The smallest absolute Gasteiger partial charge is 0.335 e. The molecule has 1 heterocycles. The number of hydrogen-bond acceptors (Lipinski definition) is 3. The highest BCUT2D eigenvalue weighted by Gasteiger charge is 2.15. The first-order valence-corrected chi connectivity index (χ1v) is 8.55. The summed E-state index contributed by atoms with van der Waals surface area (Å²) in [5.41, 5.74) is 4.36. The number of aromatic carboxylic acids is 1. The van der Waals surface area contributed by atoms with Crippen LogP contribution in [0.3, 0.4) is 0 Å². The topological polar surface area (TPSA) is 55.8 Å². The maximum atomic E-state index is 11.0. The van der Waals surface area contributed by atoms with Gasteiger partial charge in [0.05, 0.1) is 18.8 Å². The third kappa shape index (κ3) is 3.14. The first-order chi connectivity index (χ1) is 12.7. The summed E-state index contributed by atoms with van der Waals surface area (Å²) >= 11 is 0. The Bertz CT molecular complexity index is 927. The molecule has 0 fully saturated rings. The van der Waals surface area contributed by atoms with E-state index in [0.717, 1.165) is 40.2 Å². The number of benzene rings is 3. The number of hydrogen-bond donors (Lipinski definition) is 1. The van der Waals surface area contributed by atoms with Gasteiger partial charge >= 0.3 is 5.97 Å². The molecule has 4 nitrogen and oxygen atoms in total. The zero-order valence-electron chi connectivity index (χ0n) is 14.1. The fourth-order valence-corrected chi connectivity index (χ4v) is 3.07. The van der Waals surface area contributed by atoms with Gasteiger partial charge in [-0.3, -0.25) is 0 Å². The second-order valence-corrected chi connectivity index (χ2v) is 6.14. The van der Waals surface area contributed by atoms with Crippen LogP contribution in [0.1, 0.15) is 16.8 Å². The van der Waals surface area contributed by atoms with Crippen LogP contribution in [0.4, 0.5) is 0 Å². The van der Waals surface area contributed by atoms with E-state index in [4.69, 9.17) is 14.6 Å². The van der Waals surface area contributed by atoms with Gasteiger partial charge in [0.1, 0.15) is 0 Å². The van der Waals surface area contributed by atoms with Crippen molar-refractivity contribution in [3.05, 3.63) is 72.3 Å². The van der Waals surface area contributed by atoms with Crippen molar-refractivity contribution in [2.24, 2.45) is 0 Å². The van der Waals surface area contributed by atoms with Gasteiger partial charge in [0.25, 0.3) is 0 Å². The number of para-hydroxylation sites is 1. The first kappa shape index (κ1) is 16.2. The summed E-state index contributed by atoms with van der Waals surface area (Å²) in [6.07, 6.45) is 0.874. The summed E-state index contributed by atoms with van der Waals surface area (Å²) in [6.45, 7) is 1.32. The highest BCUT2D eigenvalue weighted by atomic mass is 16.5. The molecule has 1 aliphatic heterocycles. The molecule has 4 rings (SSSR count). The van der Waals surface area contributed by atoms with Gasteiger partial charge in [0, 0.05) is 12.0 Å². The molecule has 0 bridgehead atoms. The molecular formula is C22H18O4. The van der Waals surface area contributed by atoms with Gasteiger partial charge in [-0.25, -0.2) is 4.79 Å². The van der Waals surface area contributed by atoms with Gasteiger partial charge in [0.15, 0.2) is 11.5 Å². The van der Waals surface area contributed by atoms with Crippen LogP contribution in [-0.4, -0.2) is 24.3 Å². The van der Waals surface area contributed by atoms with Crippen molar-refractivity contribution in [1.29, 1.82) is 0 Å². The Hall–Kier alpha value is -3.27. The van der Waals surface area contributed by atoms with Crippen LogP contribution in [0.15, 0.2) is 66.7 Å². The molecule has 0 unspecified atom stereocenters. The number of ether oxygens (including phenoxy) is 2. The molecule has 1 aliphatic rings. The molecule has 26 heavy (non-hydrogen) atoms. The van der Waals surface area contributed by atoms with Crippen LogP contribution < -0.4 is 9.47 Å². The molecule has 130 valence electrons. The predicted octanol–water partition coefficient (Wildman–Crippen LogP) is 4.88. The molecule has 0 aliphatic carbocycles. The van der Waals surface area contributed by atoms with E-state index in [9.17, 15) is 4.79 Å². The molecule has 3 aromatic rings. The highest BCUT2D eigenvalue weighted by molar-refractivity contribution is 5.88. The molecule has 0 saturated heterocycles. The third-order valence-electron chi connectivity index (χ3n) is 4.43. The van der Waals surface area contributed by atoms with Crippen LogP contribution in [0.5, 0.6) is 11.5 Å². The van der Waals surface area contributed by atoms with E-state index in [0.29, 0.717) is 13.2 Å². The quantitative estimate of drug-likeness (QED) is 0.734. The Kier molecular flexibility index (Phi) is 4.32. The molecule has 0 aromatic heterocycles. The lowest BCUT2D eigenvalue weighted by atomic mass is 9.99. The van der Waals surface area contributed by atoms with Gasteiger partial charge in [0.2, 0.25) is 0 Å². The van der Waals surface area contributed by atoms with Gasteiger partial charge in [-0.1, -0.05) is 48.5 Å². The minimum atomic E-state index is -0.918. The maximum absolute atomic E-state index is 11.0. The van der Waals surface area contributed by atoms with E-state index in [2.05, 4.69) is 0 Å². The van der Waals surface area contributed by atoms with Crippen molar-refractivity contribution >= 4 is 5.97 Å². The fourth-order valence-electron chi connectivity index (χ4n) is 3.07. The summed E-state index contributed by atoms with van der Waals surface area (Å²) < 4.78 is 11.7. The Balaban J connectivity index is 1.65. The number of carbonyl (C=O) groups is 1. The number of fused-ring (bicyclic) bond motifs is 1. The SMILES string of the molecule is O=C(O)c1ccc(-c2ccc(-c3cccc4c3OCCCO4)cc2)cc1. The van der Waals surface area contributed by atoms with Crippen molar-refractivity contribution in [3.63, 3.8) is 0 Å². The zero-order chi connectivity index (χ0) is 17.9. The minimum Gasteiger partial charge on any atom is -0.490 e. The Labute approximate surface area is 151 Å². The standard InChI is InChI=1S/C22H18O4/c23-22(24)18-11-7-16(8-12-18)15-5-9-17(10-6-15)19-3-1-4-20-21(19)26-14-2-13-25-20/h1,3-12H,2,13-14H2,(H,23,24). The largest absolute Gasteiger partial charge is 0.490 e. The van der Waals surface area contributed by atoms with E-state index in [-0.39, 0.29) is 5.56 Å². The lowest BCUT2D eigenvalue weighted by Gasteiger charge is -2.13. The van der Waals surface area contributed by atoms with Crippen molar-refractivity contribution in [2.75, 3.05) is 13.2 Å². The van der Waals surface area contributed by atoms with Crippen LogP contribution in [-0.2, 0) is 0 Å². The zero-order valence-corrected chi connectivity index (χ0v) is 14.1.